The molecule has 1 saturated carbocycles. The first-order valence-corrected chi connectivity index (χ1v) is 13.0. The fraction of sp³-hybridized carbons (Fsp3) is 0.458. The van der Waals surface area contributed by atoms with Crippen molar-refractivity contribution in [3.05, 3.63) is 53.6 Å². The summed E-state index contributed by atoms with van der Waals surface area (Å²) in [5, 5.41) is 2.86. The molecule has 2 aromatic carbocycles. The smallest absolute Gasteiger partial charge is 0.255 e. The van der Waals surface area contributed by atoms with Gasteiger partial charge in [0.05, 0.1) is 11.5 Å². The van der Waals surface area contributed by atoms with Gasteiger partial charge in [0.2, 0.25) is 5.79 Å². The predicted octanol–water partition coefficient (Wildman–Crippen LogP) is 3.60. The monoisotopic (exact) mass is 456 g/mol. The molecule has 1 spiro atoms. The lowest BCUT2D eigenvalue weighted by Gasteiger charge is -2.47. The quantitative estimate of drug-likeness (QED) is 0.757. The molecule has 3 aliphatic rings. The van der Waals surface area contributed by atoms with E-state index < -0.39 is 15.6 Å². The highest BCUT2D eigenvalue weighted by Gasteiger charge is 2.42. The minimum absolute atomic E-state index is 0.185. The summed E-state index contributed by atoms with van der Waals surface area (Å²) in [4.78, 5) is 15.3. The minimum Gasteiger partial charge on any atom is -0.462 e. The first-order valence-electron chi connectivity index (χ1n) is 11.1. The summed E-state index contributed by atoms with van der Waals surface area (Å²) in [7, 11) is -3.29. The Morgan fingerprint density at radius 2 is 1.81 bits per heavy atom. The van der Waals surface area contributed by atoms with Gasteiger partial charge in [-0.25, -0.2) is 8.42 Å². The van der Waals surface area contributed by atoms with E-state index in [2.05, 4.69) is 10.2 Å². The molecule has 1 saturated heterocycles. The number of sulfone groups is 1. The van der Waals surface area contributed by atoms with Crippen molar-refractivity contribution in [3.8, 4) is 5.75 Å². The lowest BCUT2D eigenvalue weighted by molar-refractivity contribution is -0.231. The molecule has 0 bridgehead atoms. The van der Waals surface area contributed by atoms with Gasteiger partial charge in [-0.1, -0.05) is 6.42 Å². The van der Waals surface area contributed by atoms with Crippen molar-refractivity contribution in [1.82, 2.24) is 4.90 Å². The van der Waals surface area contributed by atoms with Crippen molar-refractivity contribution >= 4 is 21.4 Å². The second-order valence-electron chi connectivity index (χ2n) is 9.00. The number of ether oxygens (including phenoxy) is 2. The first-order chi connectivity index (χ1) is 15.3. The van der Waals surface area contributed by atoms with Crippen molar-refractivity contribution in [3.63, 3.8) is 0 Å². The molecular formula is C24H28N2O5S. The summed E-state index contributed by atoms with van der Waals surface area (Å²) < 4.78 is 35.7. The maximum atomic E-state index is 12.6. The van der Waals surface area contributed by atoms with Gasteiger partial charge >= 0.3 is 0 Å². The van der Waals surface area contributed by atoms with Crippen LogP contribution in [-0.4, -0.2) is 50.4 Å². The van der Waals surface area contributed by atoms with Gasteiger partial charge in [-0.3, -0.25) is 9.69 Å². The molecule has 0 unspecified atom stereocenters. The van der Waals surface area contributed by atoms with Gasteiger partial charge in [-0.2, -0.15) is 0 Å². The fourth-order valence-corrected chi connectivity index (χ4v) is 5.22. The number of hydrogen-bond acceptors (Lipinski definition) is 6. The highest BCUT2D eigenvalue weighted by Crippen LogP contribution is 2.40. The predicted molar refractivity (Wildman–Crippen MR) is 121 cm³/mol. The Bertz CT molecular complexity index is 1120. The minimum atomic E-state index is -3.29. The zero-order valence-electron chi connectivity index (χ0n) is 18.2. The molecule has 170 valence electrons. The number of rotatable bonds is 4. The number of piperidine rings is 1. The van der Waals surface area contributed by atoms with E-state index >= 15 is 0 Å². The van der Waals surface area contributed by atoms with E-state index in [9.17, 15) is 13.2 Å². The largest absolute Gasteiger partial charge is 0.462 e. The normalized spacial score (nSPS) is 20.8. The Labute approximate surface area is 188 Å². The van der Waals surface area contributed by atoms with E-state index in [1.165, 1.54) is 43.5 Å². The molecule has 2 aliphatic heterocycles. The topological polar surface area (TPSA) is 84.9 Å². The first kappa shape index (κ1) is 21.4. The number of benzene rings is 2. The molecular weight excluding hydrogens is 428 g/mol. The molecule has 2 heterocycles. The number of fused-ring (bicyclic) bond motifs is 1. The Morgan fingerprint density at radius 3 is 2.44 bits per heavy atom. The molecule has 1 N–H and O–H groups in total. The standard InChI is InChI=1S/C24H28N2O5S/c1-32(28,29)21-8-5-17(6-9-21)23(27)25-19-7-10-22-18(15-19)16-30-24(31-22)11-13-26(14-12-24)20-3-2-4-20/h5-10,15,20H,2-4,11-14,16H2,1H3,(H,25,27). The summed E-state index contributed by atoms with van der Waals surface area (Å²) in [5.74, 6) is -0.0364. The summed E-state index contributed by atoms with van der Waals surface area (Å²) in [5.41, 5.74) is 1.94. The lowest BCUT2D eigenvalue weighted by atomic mass is 9.89. The highest BCUT2D eigenvalue weighted by atomic mass is 32.2. The second-order valence-corrected chi connectivity index (χ2v) is 11.0. The third-order valence-electron chi connectivity index (χ3n) is 6.80. The molecule has 5 rings (SSSR count). The summed E-state index contributed by atoms with van der Waals surface area (Å²) in [6, 6.07) is 12.2. The Kier molecular flexibility index (Phi) is 5.47. The number of amides is 1. The number of carbonyl (C=O) groups is 1. The van der Waals surface area contributed by atoms with Crippen LogP contribution in [0.25, 0.3) is 0 Å². The van der Waals surface area contributed by atoms with Gasteiger partial charge in [0, 0.05) is 55.0 Å². The van der Waals surface area contributed by atoms with Crippen LogP contribution in [0.4, 0.5) is 5.69 Å². The SMILES string of the molecule is CS(=O)(=O)c1ccc(C(=O)Nc2ccc3c(c2)COC2(CCN(C4CCC4)CC2)O3)cc1. The van der Waals surface area contributed by atoms with Crippen LogP contribution >= 0.6 is 0 Å². The number of anilines is 1. The van der Waals surface area contributed by atoms with E-state index in [0.717, 1.165) is 49.5 Å². The average Bonchev–Trinajstić information content (AvgIpc) is 2.74. The van der Waals surface area contributed by atoms with E-state index in [-0.39, 0.29) is 10.8 Å². The molecule has 0 radical (unpaired) electrons. The van der Waals surface area contributed by atoms with Gasteiger partial charge in [0.1, 0.15) is 5.75 Å². The molecule has 32 heavy (non-hydrogen) atoms. The van der Waals surface area contributed by atoms with Crippen LogP contribution in [0, 0.1) is 0 Å². The van der Waals surface area contributed by atoms with E-state index in [1.54, 1.807) is 0 Å². The average molecular weight is 457 g/mol. The number of nitrogens with one attached hydrogen (secondary N) is 1. The maximum absolute atomic E-state index is 12.6. The number of hydrogen-bond donors (Lipinski definition) is 1. The number of likely N-dealkylation sites (tertiary alicyclic amines) is 1. The van der Waals surface area contributed by atoms with Crippen molar-refractivity contribution in [2.75, 3.05) is 24.7 Å². The zero-order valence-corrected chi connectivity index (χ0v) is 19.0. The molecule has 1 amide bonds. The summed E-state index contributed by atoms with van der Waals surface area (Å²) >= 11 is 0. The van der Waals surface area contributed by atoms with Crippen LogP contribution in [0.2, 0.25) is 0 Å². The number of carbonyl (C=O) groups excluding carboxylic acids is 1. The second kappa shape index (κ2) is 8.17. The lowest BCUT2D eigenvalue weighted by Crippen LogP contribution is -2.54. The Morgan fingerprint density at radius 1 is 1.09 bits per heavy atom. The molecule has 1 aliphatic carbocycles. The van der Waals surface area contributed by atoms with Gasteiger partial charge < -0.3 is 14.8 Å². The molecule has 8 heteroatoms. The Balaban J connectivity index is 1.23. The van der Waals surface area contributed by atoms with Crippen LogP contribution in [-0.2, 0) is 21.2 Å². The van der Waals surface area contributed by atoms with Crippen molar-refractivity contribution in [1.29, 1.82) is 0 Å². The van der Waals surface area contributed by atoms with Crippen LogP contribution in [0.5, 0.6) is 5.75 Å². The molecule has 7 nitrogen and oxygen atoms in total. The third kappa shape index (κ3) is 4.27. The molecule has 0 aromatic heterocycles. The van der Waals surface area contributed by atoms with Crippen LogP contribution in [0.15, 0.2) is 47.4 Å². The molecule has 2 fully saturated rings. The van der Waals surface area contributed by atoms with E-state index in [1.807, 2.05) is 18.2 Å². The van der Waals surface area contributed by atoms with Gasteiger partial charge in [0.15, 0.2) is 9.84 Å². The van der Waals surface area contributed by atoms with E-state index in [4.69, 9.17) is 9.47 Å². The summed E-state index contributed by atoms with van der Waals surface area (Å²) in [6.45, 7) is 2.46. The van der Waals surface area contributed by atoms with Gasteiger partial charge in [-0.05, 0) is 55.3 Å². The van der Waals surface area contributed by atoms with Gasteiger partial charge in [0.25, 0.3) is 5.91 Å². The fourth-order valence-electron chi connectivity index (χ4n) is 4.59. The third-order valence-corrected chi connectivity index (χ3v) is 7.93. The van der Waals surface area contributed by atoms with Gasteiger partial charge in [-0.15, -0.1) is 0 Å². The van der Waals surface area contributed by atoms with Crippen LogP contribution in [0.3, 0.4) is 0 Å². The number of nitrogens with zero attached hydrogens (tertiary/aromatic N) is 1. The Hall–Kier alpha value is -2.42. The zero-order chi connectivity index (χ0) is 22.3. The molecule has 2 aromatic rings. The van der Waals surface area contributed by atoms with Crippen molar-refractivity contribution in [2.24, 2.45) is 0 Å². The summed E-state index contributed by atoms with van der Waals surface area (Å²) in [6.07, 6.45) is 6.84. The van der Waals surface area contributed by atoms with Crippen molar-refractivity contribution < 1.29 is 22.7 Å². The molecule has 0 atom stereocenters. The van der Waals surface area contributed by atoms with E-state index in [0.29, 0.717) is 17.9 Å². The van der Waals surface area contributed by atoms with Crippen LogP contribution < -0.4 is 10.1 Å². The highest BCUT2D eigenvalue weighted by molar-refractivity contribution is 7.90. The van der Waals surface area contributed by atoms with Crippen molar-refractivity contribution in [2.45, 2.75) is 55.4 Å². The van der Waals surface area contributed by atoms with Crippen LogP contribution in [0.1, 0.15) is 48.0 Å². The maximum Gasteiger partial charge on any atom is 0.255 e.